The molecule has 0 bridgehead atoms. The normalized spacial score (nSPS) is 16.5. The van der Waals surface area contributed by atoms with Gasteiger partial charge in [-0.05, 0) is 49.9 Å². The minimum atomic E-state index is -0.116. The summed E-state index contributed by atoms with van der Waals surface area (Å²) in [6, 6.07) is 11.2. The largest absolute Gasteiger partial charge is 0.341 e. The maximum Gasteiger partial charge on any atom is 0.255 e. The first-order chi connectivity index (χ1) is 14.5. The van der Waals surface area contributed by atoms with Crippen LogP contribution >= 0.6 is 0 Å². The second-order valence-corrected chi connectivity index (χ2v) is 7.99. The minimum Gasteiger partial charge on any atom is -0.341 e. The first kappa shape index (κ1) is 20.0. The number of nitrogens with zero attached hydrogens (tertiary/aromatic N) is 4. The van der Waals surface area contributed by atoms with Gasteiger partial charge in [-0.25, -0.2) is 4.98 Å². The molecule has 1 unspecified atom stereocenters. The SMILES string of the molecule is Cc1cccc(C)c1C(=O)C1CCCN(c2nc(-c3ccncc3)cc(=O)n2C)C1. The highest BCUT2D eigenvalue weighted by molar-refractivity contribution is 6.00. The average molecular weight is 402 g/mol. The lowest BCUT2D eigenvalue weighted by atomic mass is 9.86. The van der Waals surface area contributed by atoms with Gasteiger partial charge >= 0.3 is 0 Å². The van der Waals surface area contributed by atoms with Crippen LogP contribution in [-0.2, 0) is 7.05 Å². The van der Waals surface area contributed by atoms with Crippen LogP contribution in [0.25, 0.3) is 11.3 Å². The number of hydrogen-bond donors (Lipinski definition) is 0. The van der Waals surface area contributed by atoms with Crippen LogP contribution < -0.4 is 10.5 Å². The Morgan fingerprint density at radius 2 is 1.80 bits per heavy atom. The van der Waals surface area contributed by atoms with Gasteiger partial charge in [0.1, 0.15) is 0 Å². The maximum absolute atomic E-state index is 13.3. The van der Waals surface area contributed by atoms with Crippen molar-refractivity contribution in [3.05, 3.63) is 75.8 Å². The Morgan fingerprint density at radius 3 is 2.50 bits per heavy atom. The second kappa shape index (κ2) is 8.22. The zero-order chi connectivity index (χ0) is 21.3. The number of aryl methyl sites for hydroxylation is 2. The van der Waals surface area contributed by atoms with Crippen LogP contribution in [0.5, 0.6) is 0 Å². The number of anilines is 1. The molecule has 1 saturated heterocycles. The molecular formula is C24H26N4O2. The van der Waals surface area contributed by atoms with Gasteiger partial charge in [-0.3, -0.25) is 19.1 Å². The average Bonchev–Trinajstić information content (AvgIpc) is 2.76. The van der Waals surface area contributed by atoms with E-state index in [0.717, 1.165) is 41.6 Å². The third-order valence-corrected chi connectivity index (χ3v) is 5.89. The van der Waals surface area contributed by atoms with Crippen LogP contribution in [0.1, 0.15) is 34.3 Å². The number of carbonyl (C=O) groups excluding carboxylic acids is 1. The first-order valence-corrected chi connectivity index (χ1v) is 10.3. The summed E-state index contributed by atoms with van der Waals surface area (Å²) < 4.78 is 1.57. The molecule has 0 spiro atoms. The molecule has 1 aliphatic rings. The van der Waals surface area contributed by atoms with Crippen LogP contribution in [0.2, 0.25) is 0 Å². The summed E-state index contributed by atoms with van der Waals surface area (Å²) in [6.07, 6.45) is 5.11. The zero-order valence-electron chi connectivity index (χ0n) is 17.6. The summed E-state index contributed by atoms with van der Waals surface area (Å²) in [5.74, 6) is 0.680. The van der Waals surface area contributed by atoms with E-state index in [1.54, 1.807) is 30.1 Å². The molecule has 1 atom stereocenters. The van der Waals surface area contributed by atoms with Crippen molar-refractivity contribution in [2.24, 2.45) is 13.0 Å². The first-order valence-electron chi connectivity index (χ1n) is 10.3. The van der Waals surface area contributed by atoms with Gasteiger partial charge in [-0.2, -0.15) is 0 Å². The number of piperidine rings is 1. The van der Waals surface area contributed by atoms with Crippen LogP contribution in [0.4, 0.5) is 5.95 Å². The van der Waals surface area contributed by atoms with E-state index in [0.29, 0.717) is 18.2 Å². The second-order valence-electron chi connectivity index (χ2n) is 7.99. The van der Waals surface area contributed by atoms with Gasteiger partial charge in [0.2, 0.25) is 5.95 Å². The topological polar surface area (TPSA) is 68.1 Å². The van der Waals surface area contributed by atoms with E-state index >= 15 is 0 Å². The van der Waals surface area contributed by atoms with E-state index in [9.17, 15) is 9.59 Å². The Bertz CT molecular complexity index is 1120. The highest BCUT2D eigenvalue weighted by atomic mass is 16.1. The van der Waals surface area contributed by atoms with Crippen molar-refractivity contribution < 1.29 is 4.79 Å². The van der Waals surface area contributed by atoms with E-state index in [-0.39, 0.29) is 17.3 Å². The van der Waals surface area contributed by atoms with Crippen LogP contribution in [0.3, 0.4) is 0 Å². The quantitative estimate of drug-likeness (QED) is 0.624. The third-order valence-electron chi connectivity index (χ3n) is 5.89. The van der Waals surface area contributed by atoms with Crippen molar-refractivity contribution in [3.63, 3.8) is 0 Å². The third kappa shape index (κ3) is 3.77. The summed E-state index contributed by atoms with van der Waals surface area (Å²) in [6.45, 7) is 5.32. The molecule has 30 heavy (non-hydrogen) atoms. The Labute approximate surface area is 176 Å². The van der Waals surface area contributed by atoms with Crippen molar-refractivity contribution >= 4 is 11.7 Å². The fourth-order valence-electron chi connectivity index (χ4n) is 4.26. The zero-order valence-corrected chi connectivity index (χ0v) is 17.6. The molecule has 0 N–H and O–H groups in total. The lowest BCUT2D eigenvalue weighted by Gasteiger charge is -2.34. The van der Waals surface area contributed by atoms with Gasteiger partial charge in [0, 0.05) is 55.6 Å². The van der Waals surface area contributed by atoms with E-state index in [1.807, 2.05) is 44.2 Å². The fourth-order valence-corrected chi connectivity index (χ4v) is 4.26. The van der Waals surface area contributed by atoms with E-state index in [2.05, 4.69) is 9.88 Å². The predicted octanol–water partition coefficient (Wildman–Crippen LogP) is 3.56. The fraction of sp³-hybridized carbons (Fsp3) is 0.333. The van der Waals surface area contributed by atoms with E-state index in [4.69, 9.17) is 4.98 Å². The molecule has 1 aliphatic heterocycles. The predicted molar refractivity (Wildman–Crippen MR) is 118 cm³/mol. The Morgan fingerprint density at radius 1 is 1.10 bits per heavy atom. The molecule has 4 rings (SSSR count). The van der Waals surface area contributed by atoms with Crippen LogP contribution in [0.15, 0.2) is 53.6 Å². The molecule has 1 fully saturated rings. The number of rotatable bonds is 4. The summed E-state index contributed by atoms with van der Waals surface area (Å²) >= 11 is 0. The molecule has 0 saturated carbocycles. The van der Waals surface area contributed by atoms with Gasteiger partial charge in [0.25, 0.3) is 5.56 Å². The molecular weight excluding hydrogens is 376 g/mol. The molecule has 2 aromatic heterocycles. The Hall–Kier alpha value is -3.28. The number of carbonyl (C=O) groups is 1. The molecule has 1 aromatic carbocycles. The van der Waals surface area contributed by atoms with Gasteiger partial charge < -0.3 is 4.90 Å². The van der Waals surface area contributed by atoms with Gasteiger partial charge in [-0.1, -0.05) is 18.2 Å². The number of Topliss-reactive ketones (excluding diaryl/α,β-unsaturated/α-hetero) is 1. The summed E-state index contributed by atoms with van der Waals surface area (Å²) in [5, 5.41) is 0. The lowest BCUT2D eigenvalue weighted by molar-refractivity contribution is 0.0905. The Kier molecular flexibility index (Phi) is 5.48. The van der Waals surface area contributed by atoms with E-state index < -0.39 is 0 Å². The number of ketones is 1. The summed E-state index contributed by atoms with van der Waals surface area (Å²) in [5.41, 5.74) is 4.22. The van der Waals surface area contributed by atoms with Gasteiger partial charge in [-0.15, -0.1) is 0 Å². The number of benzene rings is 1. The van der Waals surface area contributed by atoms with Gasteiger partial charge in [0.05, 0.1) is 5.69 Å². The molecule has 154 valence electrons. The smallest absolute Gasteiger partial charge is 0.255 e. The molecule has 3 heterocycles. The molecule has 3 aromatic rings. The van der Waals surface area contributed by atoms with Crippen molar-refractivity contribution in [2.45, 2.75) is 26.7 Å². The van der Waals surface area contributed by atoms with Crippen molar-refractivity contribution in [1.29, 1.82) is 0 Å². The van der Waals surface area contributed by atoms with Crippen LogP contribution in [-0.4, -0.2) is 33.4 Å². The van der Waals surface area contributed by atoms with Crippen molar-refractivity contribution in [2.75, 3.05) is 18.0 Å². The molecule has 0 radical (unpaired) electrons. The molecule has 0 amide bonds. The number of pyridine rings is 1. The molecule has 0 aliphatic carbocycles. The summed E-state index contributed by atoms with van der Waals surface area (Å²) in [7, 11) is 1.73. The number of hydrogen-bond acceptors (Lipinski definition) is 5. The van der Waals surface area contributed by atoms with Crippen LogP contribution in [0, 0.1) is 19.8 Å². The minimum absolute atomic E-state index is 0.111. The molecule has 6 heteroatoms. The maximum atomic E-state index is 13.3. The molecule has 6 nitrogen and oxygen atoms in total. The van der Waals surface area contributed by atoms with Crippen molar-refractivity contribution in [3.8, 4) is 11.3 Å². The highest BCUT2D eigenvalue weighted by Gasteiger charge is 2.30. The summed E-state index contributed by atoms with van der Waals surface area (Å²) in [4.78, 5) is 36.8. The Balaban J connectivity index is 1.66. The lowest BCUT2D eigenvalue weighted by Crippen LogP contribution is -2.42. The monoisotopic (exact) mass is 402 g/mol. The van der Waals surface area contributed by atoms with Gasteiger partial charge in [0.15, 0.2) is 5.78 Å². The highest BCUT2D eigenvalue weighted by Crippen LogP contribution is 2.27. The standard InChI is InChI=1S/C24H26N4O2/c1-16-6-4-7-17(2)22(16)23(30)19-8-5-13-28(15-19)24-26-20(14-21(29)27(24)3)18-9-11-25-12-10-18/h4,6-7,9-12,14,19H,5,8,13,15H2,1-3H3. The van der Waals surface area contributed by atoms with E-state index in [1.165, 1.54) is 0 Å². The van der Waals surface area contributed by atoms with Crippen molar-refractivity contribution in [1.82, 2.24) is 14.5 Å². The number of aromatic nitrogens is 3.